The van der Waals surface area contributed by atoms with Gasteiger partial charge in [-0.3, -0.25) is 4.79 Å². The molecule has 0 aromatic carbocycles. The monoisotopic (exact) mass is 252 g/mol. The molecular weight excluding hydrogens is 232 g/mol. The van der Waals surface area contributed by atoms with Crippen LogP contribution in [0.5, 0.6) is 0 Å². The molecule has 0 aliphatic carbocycles. The average molecular weight is 252 g/mol. The van der Waals surface area contributed by atoms with Crippen LogP contribution in [0, 0.1) is 5.92 Å². The Morgan fingerprint density at radius 2 is 1.94 bits per heavy atom. The lowest BCUT2D eigenvalue weighted by molar-refractivity contribution is -0.143. The van der Waals surface area contributed by atoms with E-state index in [0.717, 1.165) is 0 Å². The Hall–Kier alpha value is -0.660. The summed E-state index contributed by atoms with van der Waals surface area (Å²) in [5.74, 6) is -0.386. The summed E-state index contributed by atoms with van der Waals surface area (Å²) in [5, 5.41) is 0. The number of ether oxygens (including phenoxy) is 1. The van der Waals surface area contributed by atoms with E-state index in [1.807, 2.05) is 13.8 Å². The lowest BCUT2D eigenvalue weighted by Gasteiger charge is -2.18. The van der Waals surface area contributed by atoms with E-state index in [9.17, 15) is 13.2 Å². The zero-order valence-corrected chi connectivity index (χ0v) is 10.9. The van der Waals surface area contributed by atoms with Crippen molar-refractivity contribution in [3.8, 4) is 0 Å². The SMILES string of the molecule is CCNS(=O)(=O)NC(CC(C)C)C(=O)OC. The molecule has 1 unspecified atom stereocenters. The lowest BCUT2D eigenvalue weighted by atomic mass is 10.1. The van der Waals surface area contributed by atoms with Crippen molar-refractivity contribution >= 4 is 16.2 Å². The minimum Gasteiger partial charge on any atom is -0.468 e. The Bertz CT molecular complexity index is 313. The topological polar surface area (TPSA) is 84.5 Å². The lowest BCUT2D eigenvalue weighted by Crippen LogP contribution is -2.47. The van der Waals surface area contributed by atoms with E-state index in [0.29, 0.717) is 6.42 Å². The largest absolute Gasteiger partial charge is 0.468 e. The van der Waals surface area contributed by atoms with Gasteiger partial charge in [-0.15, -0.1) is 0 Å². The predicted octanol–water partition coefficient (Wildman–Crippen LogP) is 0.0180. The van der Waals surface area contributed by atoms with Crippen molar-refractivity contribution in [3.63, 3.8) is 0 Å². The number of hydrogen-bond acceptors (Lipinski definition) is 4. The van der Waals surface area contributed by atoms with Crippen LogP contribution >= 0.6 is 0 Å². The van der Waals surface area contributed by atoms with Crippen LogP contribution < -0.4 is 9.44 Å². The predicted molar refractivity (Wildman–Crippen MR) is 61.0 cm³/mol. The van der Waals surface area contributed by atoms with Crippen LogP contribution in [0.4, 0.5) is 0 Å². The molecule has 0 fully saturated rings. The molecule has 6 nitrogen and oxygen atoms in total. The van der Waals surface area contributed by atoms with Gasteiger partial charge < -0.3 is 4.74 Å². The highest BCUT2D eigenvalue weighted by Gasteiger charge is 2.25. The summed E-state index contributed by atoms with van der Waals surface area (Å²) in [4.78, 5) is 11.4. The standard InChI is InChI=1S/C9H20N2O4S/c1-5-10-16(13,14)11-8(6-7(2)3)9(12)15-4/h7-8,10-11H,5-6H2,1-4H3. The van der Waals surface area contributed by atoms with Crippen LogP contribution in [0.25, 0.3) is 0 Å². The molecule has 96 valence electrons. The number of carbonyl (C=O) groups excluding carboxylic acids is 1. The van der Waals surface area contributed by atoms with Gasteiger partial charge in [0.15, 0.2) is 0 Å². The zero-order valence-electron chi connectivity index (χ0n) is 10.1. The molecule has 0 radical (unpaired) electrons. The molecule has 0 saturated carbocycles. The summed E-state index contributed by atoms with van der Waals surface area (Å²) in [7, 11) is -2.40. The van der Waals surface area contributed by atoms with Crippen molar-refractivity contribution in [2.45, 2.75) is 33.2 Å². The minimum absolute atomic E-state index is 0.188. The molecule has 0 spiro atoms. The molecule has 0 aromatic rings. The highest BCUT2D eigenvalue weighted by Crippen LogP contribution is 2.06. The van der Waals surface area contributed by atoms with Gasteiger partial charge in [0.2, 0.25) is 0 Å². The fourth-order valence-corrected chi connectivity index (χ4v) is 2.26. The van der Waals surface area contributed by atoms with Gasteiger partial charge in [-0.1, -0.05) is 20.8 Å². The molecule has 1 atom stereocenters. The summed E-state index contributed by atoms with van der Waals surface area (Å²) in [5.41, 5.74) is 0. The van der Waals surface area contributed by atoms with E-state index in [4.69, 9.17) is 0 Å². The number of nitrogens with one attached hydrogen (secondary N) is 2. The van der Waals surface area contributed by atoms with Crippen LogP contribution in [-0.4, -0.2) is 34.1 Å². The van der Waals surface area contributed by atoms with Crippen LogP contribution in [-0.2, 0) is 19.7 Å². The normalized spacial score (nSPS) is 13.8. The molecule has 0 amide bonds. The molecule has 0 heterocycles. The Labute approximate surface area is 96.9 Å². The van der Waals surface area contributed by atoms with E-state index in [2.05, 4.69) is 14.2 Å². The Morgan fingerprint density at radius 3 is 2.31 bits per heavy atom. The third kappa shape index (κ3) is 6.04. The van der Waals surface area contributed by atoms with E-state index >= 15 is 0 Å². The molecule has 0 rings (SSSR count). The van der Waals surface area contributed by atoms with Crippen molar-refractivity contribution < 1.29 is 17.9 Å². The van der Waals surface area contributed by atoms with E-state index in [1.54, 1.807) is 6.92 Å². The van der Waals surface area contributed by atoms with Gasteiger partial charge in [0.05, 0.1) is 7.11 Å². The quantitative estimate of drug-likeness (QED) is 0.625. The van der Waals surface area contributed by atoms with Crippen molar-refractivity contribution in [2.75, 3.05) is 13.7 Å². The first-order valence-electron chi connectivity index (χ1n) is 5.17. The number of carbonyl (C=O) groups is 1. The third-order valence-electron chi connectivity index (χ3n) is 1.82. The van der Waals surface area contributed by atoms with Crippen LogP contribution in [0.2, 0.25) is 0 Å². The number of hydrogen-bond donors (Lipinski definition) is 2. The van der Waals surface area contributed by atoms with Crippen molar-refractivity contribution in [3.05, 3.63) is 0 Å². The van der Waals surface area contributed by atoms with Gasteiger partial charge in [0.25, 0.3) is 10.2 Å². The van der Waals surface area contributed by atoms with E-state index in [1.165, 1.54) is 7.11 Å². The van der Waals surface area contributed by atoms with Gasteiger partial charge in [0.1, 0.15) is 6.04 Å². The molecule has 2 N–H and O–H groups in total. The highest BCUT2D eigenvalue weighted by molar-refractivity contribution is 7.87. The van der Waals surface area contributed by atoms with Gasteiger partial charge >= 0.3 is 5.97 Å². The third-order valence-corrected chi connectivity index (χ3v) is 3.09. The maximum atomic E-state index is 11.4. The first-order chi connectivity index (χ1) is 7.32. The smallest absolute Gasteiger partial charge is 0.323 e. The Morgan fingerprint density at radius 1 is 1.38 bits per heavy atom. The summed E-state index contributed by atoms with van der Waals surface area (Å²) in [6.45, 7) is 5.73. The Balaban J connectivity index is 4.60. The highest BCUT2D eigenvalue weighted by atomic mass is 32.2. The molecule has 0 bridgehead atoms. The molecule has 7 heteroatoms. The Kier molecular flexibility index (Phi) is 6.54. The molecule has 16 heavy (non-hydrogen) atoms. The van der Waals surface area contributed by atoms with Gasteiger partial charge in [-0.25, -0.2) is 4.72 Å². The number of esters is 1. The number of methoxy groups -OCH3 is 1. The second kappa shape index (κ2) is 6.82. The maximum absolute atomic E-state index is 11.4. The van der Waals surface area contributed by atoms with E-state index in [-0.39, 0.29) is 12.5 Å². The first-order valence-corrected chi connectivity index (χ1v) is 6.65. The maximum Gasteiger partial charge on any atom is 0.323 e. The average Bonchev–Trinajstić information content (AvgIpc) is 2.14. The zero-order chi connectivity index (χ0) is 12.8. The van der Waals surface area contributed by atoms with Gasteiger partial charge in [-0.05, 0) is 12.3 Å². The van der Waals surface area contributed by atoms with Crippen molar-refractivity contribution in [1.29, 1.82) is 0 Å². The fraction of sp³-hybridized carbons (Fsp3) is 0.889. The summed E-state index contributed by atoms with van der Waals surface area (Å²) in [6, 6.07) is -0.839. The van der Waals surface area contributed by atoms with Crippen LogP contribution in [0.3, 0.4) is 0 Å². The second-order valence-corrected chi connectivity index (χ2v) is 5.36. The fourth-order valence-electron chi connectivity index (χ4n) is 1.23. The second-order valence-electron chi connectivity index (χ2n) is 3.82. The van der Waals surface area contributed by atoms with Gasteiger partial charge in [-0.2, -0.15) is 13.1 Å². The summed E-state index contributed by atoms with van der Waals surface area (Å²) in [6.07, 6.45) is 0.400. The molecular formula is C9H20N2O4S. The minimum atomic E-state index is -3.63. The van der Waals surface area contributed by atoms with E-state index < -0.39 is 22.2 Å². The summed E-state index contributed by atoms with van der Waals surface area (Å²) < 4.78 is 31.9. The number of rotatable bonds is 7. The van der Waals surface area contributed by atoms with Crippen molar-refractivity contribution in [2.24, 2.45) is 5.92 Å². The van der Waals surface area contributed by atoms with Crippen molar-refractivity contribution in [1.82, 2.24) is 9.44 Å². The molecule has 0 aromatic heterocycles. The van der Waals surface area contributed by atoms with Crippen LogP contribution in [0.1, 0.15) is 27.2 Å². The molecule has 0 saturated heterocycles. The summed E-state index contributed by atoms with van der Waals surface area (Å²) >= 11 is 0. The molecule has 0 aliphatic rings. The molecule has 0 aliphatic heterocycles. The first kappa shape index (κ1) is 15.3. The van der Waals surface area contributed by atoms with Gasteiger partial charge in [0, 0.05) is 6.54 Å². The van der Waals surface area contributed by atoms with Crippen LogP contribution in [0.15, 0.2) is 0 Å².